The molecule has 0 saturated heterocycles. The van der Waals surface area contributed by atoms with Crippen molar-refractivity contribution in [3.8, 4) is 5.75 Å². The minimum atomic E-state index is -0.420. The van der Waals surface area contributed by atoms with Crippen LogP contribution in [0, 0.1) is 0 Å². The van der Waals surface area contributed by atoms with Crippen LogP contribution < -0.4 is 4.74 Å². The number of aryl methyl sites for hydroxylation is 1. The van der Waals surface area contributed by atoms with Gasteiger partial charge in [-0.2, -0.15) is 5.10 Å². The van der Waals surface area contributed by atoms with E-state index in [1.807, 2.05) is 13.8 Å². The van der Waals surface area contributed by atoms with Gasteiger partial charge in [-0.1, -0.05) is 20.3 Å². The number of rotatable bonds is 8. The van der Waals surface area contributed by atoms with Crippen LogP contribution in [0.1, 0.15) is 43.6 Å². The van der Waals surface area contributed by atoms with Crippen LogP contribution in [0.15, 0.2) is 6.20 Å². The van der Waals surface area contributed by atoms with Crippen LogP contribution in [0.4, 0.5) is 0 Å². The van der Waals surface area contributed by atoms with Crippen molar-refractivity contribution in [1.29, 1.82) is 0 Å². The molecule has 102 valence electrons. The Hall–Kier alpha value is -1.36. The van der Waals surface area contributed by atoms with Crippen LogP contribution >= 0.6 is 0 Å². The third-order valence-corrected chi connectivity index (χ3v) is 2.82. The zero-order valence-corrected chi connectivity index (χ0v) is 11.6. The molecule has 0 amide bonds. The fraction of sp³-hybridized carbons (Fsp3) is 0.692. The molecule has 0 N–H and O–H groups in total. The van der Waals surface area contributed by atoms with E-state index in [0.29, 0.717) is 24.4 Å². The van der Waals surface area contributed by atoms with Gasteiger partial charge in [0, 0.05) is 13.7 Å². The van der Waals surface area contributed by atoms with Gasteiger partial charge < -0.3 is 9.47 Å². The third-order valence-electron chi connectivity index (χ3n) is 2.82. The summed E-state index contributed by atoms with van der Waals surface area (Å²) in [5, 5.41) is 4.19. The molecule has 0 saturated carbocycles. The molecular weight excluding hydrogens is 232 g/mol. The third kappa shape index (κ3) is 3.10. The highest BCUT2D eigenvalue weighted by molar-refractivity contribution is 6.00. The lowest BCUT2D eigenvalue weighted by molar-refractivity contribution is 0.0564. The minimum absolute atomic E-state index is 0.0536. The summed E-state index contributed by atoms with van der Waals surface area (Å²) in [4.78, 5) is 12.4. The number of carbonyl (C=O) groups excluding carboxylic acids is 1. The Bertz CT molecular complexity index is 388. The second-order valence-electron chi connectivity index (χ2n) is 4.16. The van der Waals surface area contributed by atoms with Crippen LogP contribution in [0.3, 0.4) is 0 Å². The Labute approximate surface area is 108 Å². The highest BCUT2D eigenvalue weighted by atomic mass is 16.5. The fourth-order valence-electron chi connectivity index (χ4n) is 1.92. The summed E-state index contributed by atoms with van der Waals surface area (Å²) in [6.07, 6.45) is 3.68. The zero-order chi connectivity index (χ0) is 13.5. The Morgan fingerprint density at radius 3 is 2.61 bits per heavy atom. The number of methoxy groups -OCH3 is 2. The number of aromatic nitrogens is 2. The molecule has 0 fully saturated rings. The number of ketones is 1. The zero-order valence-electron chi connectivity index (χ0n) is 11.6. The SMILES string of the molecule is CCCC(OC)C(=O)c1c(OC)cnn1CCC. The average molecular weight is 254 g/mol. The van der Waals surface area contributed by atoms with Gasteiger partial charge in [-0.25, -0.2) is 0 Å². The van der Waals surface area contributed by atoms with Gasteiger partial charge >= 0.3 is 0 Å². The van der Waals surface area contributed by atoms with Crippen molar-refractivity contribution in [2.75, 3.05) is 14.2 Å². The molecule has 0 aliphatic carbocycles. The second kappa shape index (κ2) is 7.16. The van der Waals surface area contributed by atoms with E-state index in [0.717, 1.165) is 12.8 Å². The van der Waals surface area contributed by atoms with Gasteiger partial charge in [0.25, 0.3) is 0 Å². The fourth-order valence-corrected chi connectivity index (χ4v) is 1.92. The molecule has 1 unspecified atom stereocenters. The van der Waals surface area contributed by atoms with Crippen LogP contribution in [0.5, 0.6) is 5.75 Å². The number of carbonyl (C=O) groups is 1. The number of hydrogen-bond donors (Lipinski definition) is 0. The summed E-state index contributed by atoms with van der Waals surface area (Å²) in [7, 11) is 3.11. The minimum Gasteiger partial charge on any atom is -0.493 e. The molecule has 5 nitrogen and oxygen atoms in total. The Morgan fingerprint density at radius 1 is 1.39 bits per heavy atom. The van der Waals surface area contributed by atoms with Gasteiger partial charge in [-0.15, -0.1) is 0 Å². The summed E-state index contributed by atoms with van der Waals surface area (Å²) in [5.74, 6) is 0.466. The number of Topliss-reactive ketones (excluding diaryl/α,β-unsaturated/α-hetero) is 1. The molecule has 0 aliphatic rings. The van der Waals surface area contributed by atoms with Crippen molar-refractivity contribution in [3.63, 3.8) is 0 Å². The molecule has 0 spiro atoms. The lowest BCUT2D eigenvalue weighted by Crippen LogP contribution is -2.26. The van der Waals surface area contributed by atoms with Crippen LogP contribution in [-0.2, 0) is 11.3 Å². The molecule has 0 aromatic carbocycles. The average Bonchev–Trinajstić information content (AvgIpc) is 2.78. The van der Waals surface area contributed by atoms with E-state index < -0.39 is 6.10 Å². The van der Waals surface area contributed by atoms with Crippen molar-refractivity contribution in [2.24, 2.45) is 0 Å². The number of nitrogens with zero attached hydrogens (tertiary/aromatic N) is 2. The first kappa shape index (κ1) is 14.7. The summed E-state index contributed by atoms with van der Waals surface area (Å²) in [6.45, 7) is 4.77. The highest BCUT2D eigenvalue weighted by Crippen LogP contribution is 2.21. The molecule has 1 aromatic heterocycles. The van der Waals surface area contributed by atoms with Gasteiger partial charge in [0.2, 0.25) is 5.78 Å². The molecule has 1 heterocycles. The van der Waals surface area contributed by atoms with E-state index in [1.165, 1.54) is 0 Å². The summed E-state index contributed by atoms with van der Waals surface area (Å²) in [5.41, 5.74) is 0.514. The normalized spacial score (nSPS) is 12.4. The quantitative estimate of drug-likeness (QED) is 0.668. The van der Waals surface area contributed by atoms with Crippen molar-refractivity contribution in [3.05, 3.63) is 11.9 Å². The first-order valence-corrected chi connectivity index (χ1v) is 6.36. The summed E-state index contributed by atoms with van der Waals surface area (Å²) in [6, 6.07) is 0. The van der Waals surface area contributed by atoms with Crippen molar-refractivity contribution in [2.45, 2.75) is 45.8 Å². The van der Waals surface area contributed by atoms with E-state index in [9.17, 15) is 4.79 Å². The van der Waals surface area contributed by atoms with E-state index in [4.69, 9.17) is 9.47 Å². The van der Waals surface area contributed by atoms with Gasteiger partial charge in [0.1, 0.15) is 11.8 Å². The van der Waals surface area contributed by atoms with Crippen molar-refractivity contribution < 1.29 is 14.3 Å². The monoisotopic (exact) mass is 254 g/mol. The maximum Gasteiger partial charge on any atom is 0.213 e. The molecule has 1 aromatic rings. The van der Waals surface area contributed by atoms with Crippen LogP contribution in [0.25, 0.3) is 0 Å². The van der Waals surface area contributed by atoms with Gasteiger partial charge in [-0.05, 0) is 12.8 Å². The first-order chi connectivity index (χ1) is 8.69. The molecule has 0 bridgehead atoms. The maximum absolute atomic E-state index is 12.4. The van der Waals surface area contributed by atoms with Crippen LogP contribution in [0.2, 0.25) is 0 Å². The number of ether oxygens (including phenoxy) is 2. The molecule has 1 atom stereocenters. The molecule has 0 aliphatic heterocycles. The van der Waals surface area contributed by atoms with Crippen molar-refractivity contribution in [1.82, 2.24) is 9.78 Å². The Morgan fingerprint density at radius 2 is 2.11 bits per heavy atom. The van der Waals surface area contributed by atoms with Gasteiger partial charge in [0.15, 0.2) is 5.75 Å². The van der Waals surface area contributed by atoms with E-state index >= 15 is 0 Å². The Balaban J connectivity index is 3.04. The van der Waals surface area contributed by atoms with Crippen molar-refractivity contribution >= 4 is 5.78 Å². The predicted octanol–water partition coefficient (Wildman–Crippen LogP) is 2.30. The molecule has 5 heteroatoms. The standard InChI is InChI=1S/C13H22N2O3/c1-5-7-10(17-3)13(16)12-11(18-4)9-14-15(12)8-6-2/h9-10H,5-8H2,1-4H3. The largest absolute Gasteiger partial charge is 0.493 e. The summed E-state index contributed by atoms with van der Waals surface area (Å²) >= 11 is 0. The van der Waals surface area contributed by atoms with E-state index in [2.05, 4.69) is 5.10 Å². The van der Waals surface area contributed by atoms with E-state index in [-0.39, 0.29) is 5.78 Å². The second-order valence-corrected chi connectivity index (χ2v) is 4.16. The molecular formula is C13H22N2O3. The summed E-state index contributed by atoms with van der Waals surface area (Å²) < 4.78 is 12.2. The smallest absolute Gasteiger partial charge is 0.213 e. The first-order valence-electron chi connectivity index (χ1n) is 6.36. The molecule has 18 heavy (non-hydrogen) atoms. The number of hydrogen-bond acceptors (Lipinski definition) is 4. The van der Waals surface area contributed by atoms with Gasteiger partial charge in [-0.3, -0.25) is 9.48 Å². The van der Waals surface area contributed by atoms with Crippen LogP contribution in [-0.4, -0.2) is 35.9 Å². The maximum atomic E-state index is 12.4. The van der Waals surface area contributed by atoms with E-state index in [1.54, 1.807) is 25.1 Å². The molecule has 0 radical (unpaired) electrons. The molecule has 1 rings (SSSR count). The lowest BCUT2D eigenvalue weighted by atomic mass is 10.1. The van der Waals surface area contributed by atoms with Gasteiger partial charge in [0.05, 0.1) is 13.3 Å². The highest BCUT2D eigenvalue weighted by Gasteiger charge is 2.26. The predicted molar refractivity (Wildman–Crippen MR) is 69.1 cm³/mol. The Kier molecular flexibility index (Phi) is 5.85. The topological polar surface area (TPSA) is 53.4 Å². The lowest BCUT2D eigenvalue weighted by Gasteiger charge is -2.15.